The van der Waals surface area contributed by atoms with Crippen LogP contribution in [0.25, 0.3) is 10.2 Å². The molecule has 0 bridgehead atoms. The van der Waals surface area contributed by atoms with Gasteiger partial charge in [0.15, 0.2) is 0 Å². The molecule has 5 nitrogen and oxygen atoms in total. The minimum atomic E-state index is 0.297. The minimum absolute atomic E-state index is 0.297. The molecule has 0 saturated carbocycles. The second-order valence-electron chi connectivity index (χ2n) is 5.12. The van der Waals surface area contributed by atoms with E-state index in [1.165, 1.54) is 17.7 Å². The first kappa shape index (κ1) is 11.8. The van der Waals surface area contributed by atoms with Crippen LogP contribution in [0.4, 0.5) is 5.82 Å². The minimum Gasteiger partial charge on any atom is -0.362 e. The molecule has 102 valence electrons. The van der Waals surface area contributed by atoms with E-state index in [1.807, 2.05) is 17.9 Å². The van der Waals surface area contributed by atoms with Gasteiger partial charge in [-0.25, -0.2) is 9.97 Å². The SMILES string of the molecule is Cn1ncc2c1CCC[C@@H]2Nc1ncnc2sccc12. The van der Waals surface area contributed by atoms with Crippen molar-refractivity contribution in [2.75, 3.05) is 5.32 Å². The van der Waals surface area contributed by atoms with Crippen molar-refractivity contribution in [2.24, 2.45) is 7.05 Å². The number of hydrogen-bond donors (Lipinski definition) is 1. The zero-order valence-electron chi connectivity index (χ0n) is 11.2. The van der Waals surface area contributed by atoms with Gasteiger partial charge >= 0.3 is 0 Å². The highest BCUT2D eigenvalue weighted by Crippen LogP contribution is 2.33. The molecule has 0 fully saturated rings. The van der Waals surface area contributed by atoms with Crippen molar-refractivity contribution < 1.29 is 0 Å². The predicted molar refractivity (Wildman–Crippen MR) is 79.9 cm³/mol. The number of aromatic nitrogens is 4. The molecule has 1 N–H and O–H groups in total. The monoisotopic (exact) mass is 285 g/mol. The Bertz CT molecular complexity index is 760. The Hall–Kier alpha value is -1.95. The summed E-state index contributed by atoms with van der Waals surface area (Å²) < 4.78 is 1.99. The van der Waals surface area contributed by atoms with Crippen LogP contribution in [-0.2, 0) is 13.5 Å². The molecule has 0 radical (unpaired) electrons. The lowest BCUT2D eigenvalue weighted by Gasteiger charge is -2.24. The van der Waals surface area contributed by atoms with Crippen molar-refractivity contribution in [3.05, 3.63) is 35.2 Å². The first-order valence-corrected chi connectivity index (χ1v) is 7.66. The Balaban J connectivity index is 1.72. The molecule has 1 aliphatic carbocycles. The lowest BCUT2D eigenvalue weighted by atomic mass is 9.93. The van der Waals surface area contributed by atoms with Crippen LogP contribution in [0.2, 0.25) is 0 Å². The standard InChI is InChI=1S/C14H15N5S/c1-19-12-4-2-3-11(10(12)7-17-19)18-13-9-5-6-20-14(9)16-8-15-13/h5-8,11H,2-4H2,1H3,(H,15,16,18)/t11-/m0/s1. The molecule has 20 heavy (non-hydrogen) atoms. The van der Waals surface area contributed by atoms with Crippen LogP contribution in [0.3, 0.4) is 0 Å². The van der Waals surface area contributed by atoms with Gasteiger partial charge in [0, 0.05) is 18.3 Å². The van der Waals surface area contributed by atoms with Gasteiger partial charge in [0.1, 0.15) is 17.0 Å². The van der Waals surface area contributed by atoms with Gasteiger partial charge in [-0.1, -0.05) is 0 Å². The number of hydrogen-bond acceptors (Lipinski definition) is 5. The van der Waals surface area contributed by atoms with Crippen LogP contribution >= 0.6 is 11.3 Å². The highest BCUT2D eigenvalue weighted by Gasteiger charge is 2.24. The molecular formula is C14H15N5S. The Morgan fingerprint density at radius 2 is 2.35 bits per heavy atom. The van der Waals surface area contributed by atoms with Gasteiger partial charge in [-0.15, -0.1) is 11.3 Å². The zero-order valence-corrected chi connectivity index (χ0v) is 12.0. The maximum Gasteiger partial charge on any atom is 0.138 e. The van der Waals surface area contributed by atoms with Crippen LogP contribution < -0.4 is 5.32 Å². The van der Waals surface area contributed by atoms with Gasteiger partial charge in [-0.2, -0.15) is 5.10 Å². The second-order valence-corrected chi connectivity index (χ2v) is 6.02. The quantitative estimate of drug-likeness (QED) is 0.786. The summed E-state index contributed by atoms with van der Waals surface area (Å²) in [5.74, 6) is 0.929. The van der Waals surface area contributed by atoms with E-state index in [9.17, 15) is 0 Å². The molecule has 3 heterocycles. The number of nitrogens with one attached hydrogen (secondary N) is 1. The molecule has 0 saturated heterocycles. The van der Waals surface area contributed by atoms with Crippen molar-refractivity contribution in [3.63, 3.8) is 0 Å². The maximum absolute atomic E-state index is 4.41. The summed E-state index contributed by atoms with van der Waals surface area (Å²) in [5.41, 5.74) is 2.64. The molecule has 3 aromatic heterocycles. The van der Waals surface area contributed by atoms with E-state index in [4.69, 9.17) is 0 Å². The van der Waals surface area contributed by atoms with Gasteiger partial charge < -0.3 is 5.32 Å². The number of fused-ring (bicyclic) bond motifs is 2. The highest BCUT2D eigenvalue weighted by atomic mass is 32.1. The molecule has 4 rings (SSSR count). The molecule has 0 spiro atoms. The van der Waals surface area contributed by atoms with Gasteiger partial charge in [0.2, 0.25) is 0 Å². The smallest absolute Gasteiger partial charge is 0.138 e. The van der Waals surface area contributed by atoms with Gasteiger partial charge in [-0.3, -0.25) is 4.68 Å². The fourth-order valence-electron chi connectivity index (χ4n) is 2.93. The third-order valence-electron chi connectivity index (χ3n) is 3.95. The van der Waals surface area contributed by atoms with E-state index in [0.29, 0.717) is 6.04 Å². The molecular weight excluding hydrogens is 270 g/mol. The molecule has 0 aliphatic heterocycles. The Morgan fingerprint density at radius 1 is 1.40 bits per heavy atom. The molecule has 0 aromatic carbocycles. The normalized spacial score (nSPS) is 18.1. The number of anilines is 1. The van der Waals surface area contributed by atoms with Crippen molar-refractivity contribution in [1.82, 2.24) is 19.7 Å². The largest absolute Gasteiger partial charge is 0.362 e. The van der Waals surface area contributed by atoms with Crippen molar-refractivity contribution in [3.8, 4) is 0 Å². The number of aryl methyl sites for hydroxylation is 1. The summed E-state index contributed by atoms with van der Waals surface area (Å²) in [6, 6.07) is 2.38. The summed E-state index contributed by atoms with van der Waals surface area (Å²) in [7, 11) is 2.02. The average Bonchev–Trinajstić information content (AvgIpc) is 3.08. The van der Waals surface area contributed by atoms with E-state index in [1.54, 1.807) is 17.7 Å². The van der Waals surface area contributed by atoms with E-state index in [0.717, 1.165) is 28.9 Å². The van der Waals surface area contributed by atoms with Crippen LogP contribution in [0.15, 0.2) is 24.0 Å². The van der Waals surface area contributed by atoms with Crippen LogP contribution in [-0.4, -0.2) is 19.7 Å². The summed E-state index contributed by atoms with van der Waals surface area (Å²) in [4.78, 5) is 9.74. The van der Waals surface area contributed by atoms with Crippen molar-refractivity contribution >= 4 is 27.4 Å². The van der Waals surface area contributed by atoms with Gasteiger partial charge in [-0.05, 0) is 30.7 Å². The maximum atomic E-state index is 4.41. The van der Waals surface area contributed by atoms with E-state index in [2.05, 4.69) is 31.8 Å². The van der Waals surface area contributed by atoms with Crippen LogP contribution in [0.5, 0.6) is 0 Å². The van der Waals surface area contributed by atoms with Crippen LogP contribution in [0, 0.1) is 0 Å². The molecule has 6 heteroatoms. The fourth-order valence-corrected chi connectivity index (χ4v) is 3.66. The third-order valence-corrected chi connectivity index (χ3v) is 4.77. The lowest BCUT2D eigenvalue weighted by Crippen LogP contribution is -2.18. The van der Waals surface area contributed by atoms with Gasteiger partial charge in [0.25, 0.3) is 0 Å². The number of thiophene rings is 1. The van der Waals surface area contributed by atoms with E-state index in [-0.39, 0.29) is 0 Å². The molecule has 1 aliphatic rings. The number of rotatable bonds is 2. The summed E-state index contributed by atoms with van der Waals surface area (Å²) in [5, 5.41) is 11.1. The second kappa shape index (κ2) is 4.56. The predicted octanol–water partition coefficient (Wildman–Crippen LogP) is 2.91. The first-order chi connectivity index (χ1) is 9.83. The topological polar surface area (TPSA) is 55.6 Å². The highest BCUT2D eigenvalue weighted by molar-refractivity contribution is 7.16. The van der Waals surface area contributed by atoms with E-state index < -0.39 is 0 Å². The Morgan fingerprint density at radius 3 is 3.30 bits per heavy atom. The first-order valence-electron chi connectivity index (χ1n) is 6.78. The Kier molecular flexibility index (Phi) is 2.70. The summed E-state index contributed by atoms with van der Waals surface area (Å²) >= 11 is 1.65. The van der Waals surface area contributed by atoms with Gasteiger partial charge in [0.05, 0.1) is 17.6 Å². The van der Waals surface area contributed by atoms with Crippen molar-refractivity contribution in [2.45, 2.75) is 25.3 Å². The molecule has 3 aromatic rings. The molecule has 0 amide bonds. The molecule has 0 unspecified atom stereocenters. The summed E-state index contributed by atoms with van der Waals surface area (Å²) in [6.45, 7) is 0. The Labute approximate surface area is 120 Å². The van der Waals surface area contributed by atoms with E-state index >= 15 is 0 Å². The fraction of sp³-hybridized carbons (Fsp3) is 0.357. The van der Waals surface area contributed by atoms with Crippen molar-refractivity contribution in [1.29, 1.82) is 0 Å². The van der Waals surface area contributed by atoms with Crippen LogP contribution in [0.1, 0.15) is 30.1 Å². The zero-order chi connectivity index (χ0) is 13.5. The number of nitrogens with zero attached hydrogens (tertiary/aromatic N) is 4. The summed E-state index contributed by atoms with van der Waals surface area (Å²) in [6.07, 6.45) is 7.03. The third kappa shape index (κ3) is 1.79. The molecule has 1 atom stereocenters. The lowest BCUT2D eigenvalue weighted by molar-refractivity contribution is 0.570. The average molecular weight is 285 g/mol.